The lowest BCUT2D eigenvalue weighted by Gasteiger charge is -2.30. The topological polar surface area (TPSA) is 71.1 Å². The fourth-order valence-electron chi connectivity index (χ4n) is 3.59. The van der Waals surface area contributed by atoms with Gasteiger partial charge in [0.05, 0.1) is 12.2 Å². The maximum Gasteiger partial charge on any atom is 0.337 e. The molecule has 2 aliphatic heterocycles. The van der Waals surface area contributed by atoms with Gasteiger partial charge in [-0.15, -0.1) is 0 Å². The molecule has 0 radical (unpaired) electrons. The summed E-state index contributed by atoms with van der Waals surface area (Å²) in [6, 6.07) is 8.56. The van der Waals surface area contributed by atoms with Crippen LogP contribution in [0.25, 0.3) is 0 Å². The number of esters is 2. The fourth-order valence-corrected chi connectivity index (χ4v) is 3.59. The predicted octanol–water partition coefficient (Wildman–Crippen LogP) is 4.72. The number of carbonyl (C=O) groups excluding carboxylic acids is 2. The Balaban J connectivity index is 1.41. The molecule has 2 aliphatic rings. The molecule has 162 valence electrons. The van der Waals surface area contributed by atoms with E-state index in [0.717, 1.165) is 25.7 Å². The van der Waals surface area contributed by atoms with Gasteiger partial charge in [0.15, 0.2) is 0 Å². The summed E-state index contributed by atoms with van der Waals surface area (Å²) >= 11 is 0. The van der Waals surface area contributed by atoms with Gasteiger partial charge in [0.2, 0.25) is 11.6 Å². The molecular formula is C24H30O6. The summed E-state index contributed by atoms with van der Waals surface area (Å²) in [6.45, 7) is 6.94. The first kappa shape index (κ1) is 21.9. The third-order valence-electron chi connectivity index (χ3n) is 4.80. The van der Waals surface area contributed by atoms with Gasteiger partial charge in [-0.3, -0.25) is 0 Å². The first-order valence-electron chi connectivity index (χ1n) is 10.4. The minimum absolute atomic E-state index is 0.347. The van der Waals surface area contributed by atoms with Crippen LogP contribution in [0.15, 0.2) is 47.9 Å². The average Bonchev–Trinajstić information content (AvgIpc) is 2.59. The Morgan fingerprint density at radius 2 is 0.967 bits per heavy atom. The molecule has 0 aliphatic carbocycles. The van der Waals surface area contributed by atoms with Crippen LogP contribution in [-0.4, -0.2) is 23.5 Å². The number of carbonyl (C=O) groups is 2. The van der Waals surface area contributed by atoms with Gasteiger partial charge in [-0.1, -0.05) is 24.3 Å². The predicted molar refractivity (Wildman–Crippen MR) is 111 cm³/mol. The molecule has 0 amide bonds. The minimum Gasteiger partial charge on any atom is -0.457 e. The first-order valence-corrected chi connectivity index (χ1v) is 10.4. The van der Waals surface area contributed by atoms with Gasteiger partial charge < -0.3 is 18.9 Å². The Hall–Kier alpha value is -2.76. The summed E-state index contributed by atoms with van der Waals surface area (Å²) in [4.78, 5) is 23.2. The smallest absolute Gasteiger partial charge is 0.337 e. The second-order valence-electron chi connectivity index (χ2n) is 8.59. The number of rotatable bonds is 8. The second kappa shape index (κ2) is 8.94. The van der Waals surface area contributed by atoms with E-state index in [1.807, 2.05) is 0 Å². The fraction of sp³-hybridized carbons (Fsp3) is 0.500. The molecule has 0 N–H and O–H groups in total. The molecule has 1 aromatic carbocycles. The molecule has 1 aromatic rings. The highest BCUT2D eigenvalue weighted by atomic mass is 16.7. The van der Waals surface area contributed by atoms with E-state index in [1.165, 1.54) is 23.3 Å². The van der Waals surface area contributed by atoms with Crippen LogP contribution in [0, 0.1) is 0 Å². The maximum absolute atomic E-state index is 11.6. The van der Waals surface area contributed by atoms with Crippen molar-refractivity contribution < 1.29 is 28.5 Å². The Morgan fingerprint density at radius 1 is 0.600 bits per heavy atom. The molecule has 6 heteroatoms. The zero-order chi connectivity index (χ0) is 21.8. The SMILES string of the molecule is CC1(C)OC(=O)C=C(CCCc2ccc(CCCC3=CC(=O)OC(C)(C)O3)cc2)O1. The lowest BCUT2D eigenvalue weighted by atomic mass is 10.0. The van der Waals surface area contributed by atoms with Gasteiger partial charge in [0.25, 0.3) is 0 Å². The third kappa shape index (κ3) is 6.65. The highest BCUT2D eigenvalue weighted by molar-refractivity contribution is 5.83. The number of benzene rings is 1. The van der Waals surface area contributed by atoms with Gasteiger partial charge in [0, 0.05) is 40.5 Å². The molecule has 3 rings (SSSR count). The molecule has 0 aromatic heterocycles. The van der Waals surface area contributed by atoms with E-state index in [-0.39, 0.29) is 11.9 Å². The van der Waals surface area contributed by atoms with Crippen molar-refractivity contribution in [3.63, 3.8) is 0 Å². The van der Waals surface area contributed by atoms with Crippen molar-refractivity contribution in [2.45, 2.75) is 77.8 Å². The summed E-state index contributed by atoms with van der Waals surface area (Å²) in [7, 11) is 0. The molecule has 6 nitrogen and oxygen atoms in total. The largest absolute Gasteiger partial charge is 0.457 e. The average molecular weight is 414 g/mol. The van der Waals surface area contributed by atoms with Crippen LogP contribution in [0.5, 0.6) is 0 Å². The van der Waals surface area contributed by atoms with Crippen molar-refractivity contribution >= 4 is 11.9 Å². The van der Waals surface area contributed by atoms with E-state index in [4.69, 9.17) is 18.9 Å². The van der Waals surface area contributed by atoms with Gasteiger partial charge in [0.1, 0.15) is 11.5 Å². The van der Waals surface area contributed by atoms with Gasteiger partial charge in [-0.05, 0) is 36.8 Å². The molecule has 0 spiro atoms. The number of allylic oxidation sites excluding steroid dienone is 2. The summed E-state index contributed by atoms with van der Waals surface area (Å²) in [6.07, 6.45) is 7.88. The molecule has 0 unspecified atom stereocenters. The molecule has 0 saturated heterocycles. The second-order valence-corrected chi connectivity index (χ2v) is 8.59. The number of ether oxygens (including phenoxy) is 4. The van der Waals surface area contributed by atoms with Crippen molar-refractivity contribution in [2.75, 3.05) is 0 Å². The summed E-state index contributed by atoms with van der Waals surface area (Å²) in [5.74, 6) is -1.12. The molecule has 0 saturated carbocycles. The van der Waals surface area contributed by atoms with Crippen molar-refractivity contribution in [1.82, 2.24) is 0 Å². The van der Waals surface area contributed by atoms with Crippen LogP contribution >= 0.6 is 0 Å². The summed E-state index contributed by atoms with van der Waals surface area (Å²) in [5, 5.41) is 0. The first-order chi connectivity index (χ1) is 14.1. The maximum atomic E-state index is 11.6. The zero-order valence-corrected chi connectivity index (χ0v) is 18.2. The lowest BCUT2D eigenvalue weighted by Crippen LogP contribution is -2.34. The van der Waals surface area contributed by atoms with Crippen LogP contribution < -0.4 is 0 Å². The van der Waals surface area contributed by atoms with Crippen molar-refractivity contribution in [2.24, 2.45) is 0 Å². The molecule has 0 atom stereocenters. The number of cyclic esters (lactones) is 2. The van der Waals surface area contributed by atoms with Crippen LogP contribution in [0.1, 0.15) is 64.5 Å². The van der Waals surface area contributed by atoms with E-state index in [1.54, 1.807) is 27.7 Å². The van der Waals surface area contributed by atoms with E-state index >= 15 is 0 Å². The Labute approximate surface area is 177 Å². The zero-order valence-electron chi connectivity index (χ0n) is 18.2. The number of hydrogen-bond acceptors (Lipinski definition) is 6. The summed E-state index contributed by atoms with van der Waals surface area (Å²) in [5.41, 5.74) is 2.50. The third-order valence-corrected chi connectivity index (χ3v) is 4.80. The lowest BCUT2D eigenvalue weighted by molar-refractivity contribution is -0.207. The monoisotopic (exact) mass is 414 g/mol. The highest BCUT2D eigenvalue weighted by Gasteiger charge is 2.30. The van der Waals surface area contributed by atoms with E-state index in [2.05, 4.69) is 24.3 Å². The Bertz CT molecular complexity index is 774. The molecular weight excluding hydrogens is 384 g/mol. The number of aryl methyl sites for hydroxylation is 2. The standard InChI is InChI=1S/C24H30O6/c1-23(2)27-19(15-21(25)29-23)9-5-7-17-11-13-18(14-12-17)8-6-10-20-16-22(26)30-24(3,4)28-20/h11-16H,5-10H2,1-4H3. The number of hydrogen-bond donors (Lipinski definition) is 0. The molecule has 0 bridgehead atoms. The van der Waals surface area contributed by atoms with Crippen molar-refractivity contribution in [3.8, 4) is 0 Å². The molecule has 0 fully saturated rings. The van der Waals surface area contributed by atoms with Crippen molar-refractivity contribution in [3.05, 3.63) is 59.1 Å². The van der Waals surface area contributed by atoms with Crippen LogP contribution in [0.2, 0.25) is 0 Å². The van der Waals surface area contributed by atoms with Crippen LogP contribution in [-0.2, 0) is 41.4 Å². The van der Waals surface area contributed by atoms with Crippen LogP contribution in [0.4, 0.5) is 0 Å². The van der Waals surface area contributed by atoms with Gasteiger partial charge in [-0.2, -0.15) is 0 Å². The molecule has 30 heavy (non-hydrogen) atoms. The normalized spacial score (nSPS) is 19.6. The molecule has 2 heterocycles. The van der Waals surface area contributed by atoms with E-state index < -0.39 is 11.6 Å². The summed E-state index contributed by atoms with van der Waals surface area (Å²) < 4.78 is 21.6. The Morgan fingerprint density at radius 3 is 1.30 bits per heavy atom. The van der Waals surface area contributed by atoms with Gasteiger partial charge >= 0.3 is 11.9 Å². The Kier molecular flexibility index (Phi) is 6.54. The minimum atomic E-state index is -0.891. The quantitative estimate of drug-likeness (QED) is 0.573. The van der Waals surface area contributed by atoms with Crippen LogP contribution in [0.3, 0.4) is 0 Å². The van der Waals surface area contributed by atoms with E-state index in [0.29, 0.717) is 24.4 Å². The van der Waals surface area contributed by atoms with E-state index in [9.17, 15) is 9.59 Å². The van der Waals surface area contributed by atoms with Crippen molar-refractivity contribution in [1.29, 1.82) is 0 Å². The highest BCUT2D eigenvalue weighted by Crippen LogP contribution is 2.26. The van der Waals surface area contributed by atoms with Gasteiger partial charge in [-0.25, -0.2) is 9.59 Å².